The fourth-order valence-corrected chi connectivity index (χ4v) is 5.11. The molecule has 0 heterocycles. The van der Waals surface area contributed by atoms with Crippen LogP contribution in [0.5, 0.6) is 0 Å². The summed E-state index contributed by atoms with van der Waals surface area (Å²) >= 11 is 0. The van der Waals surface area contributed by atoms with Crippen molar-refractivity contribution in [3.05, 3.63) is 29.8 Å². The summed E-state index contributed by atoms with van der Waals surface area (Å²) in [6.45, 7) is 3.38. The van der Waals surface area contributed by atoms with Crippen molar-refractivity contribution in [2.24, 2.45) is 35.3 Å². The molecule has 2 bridgehead atoms. The smallest absolute Gasteiger partial charge is 0.230 e. The van der Waals surface area contributed by atoms with Gasteiger partial charge in [-0.3, -0.25) is 4.79 Å². The van der Waals surface area contributed by atoms with Gasteiger partial charge >= 0.3 is 0 Å². The van der Waals surface area contributed by atoms with Gasteiger partial charge in [-0.2, -0.15) is 0 Å². The van der Waals surface area contributed by atoms with Gasteiger partial charge in [-0.05, 0) is 67.6 Å². The van der Waals surface area contributed by atoms with Crippen LogP contribution in [0.3, 0.4) is 0 Å². The number of amides is 1. The van der Waals surface area contributed by atoms with Crippen molar-refractivity contribution in [3.63, 3.8) is 0 Å². The second-order valence-corrected chi connectivity index (χ2v) is 6.97. The Balaban J connectivity index is 1.52. The normalized spacial score (nSPS) is 35.6. The van der Waals surface area contributed by atoms with Crippen LogP contribution < -0.4 is 10.6 Å². The highest BCUT2D eigenvalue weighted by atomic mass is 16.2. The Kier molecular flexibility index (Phi) is 3.07. The molecule has 4 rings (SSSR count). The minimum absolute atomic E-state index is 0.324. The second kappa shape index (κ2) is 4.84. The van der Waals surface area contributed by atoms with E-state index in [1.54, 1.807) is 0 Å². The molecule has 0 spiro atoms. The number of rotatable bonds is 4. The summed E-state index contributed by atoms with van der Waals surface area (Å²) in [5.41, 5.74) is 7.78. The van der Waals surface area contributed by atoms with Gasteiger partial charge in [0.05, 0.1) is 0 Å². The molecule has 3 heteroatoms. The monoisotopic (exact) mass is 284 g/mol. The van der Waals surface area contributed by atoms with Gasteiger partial charge in [0.25, 0.3) is 0 Å². The van der Waals surface area contributed by atoms with Crippen molar-refractivity contribution in [2.75, 3.05) is 11.4 Å². The summed E-state index contributed by atoms with van der Waals surface area (Å²) in [6, 6.07) is 8.14. The van der Waals surface area contributed by atoms with Crippen LogP contribution in [0.15, 0.2) is 24.3 Å². The average Bonchev–Trinajstić information content (AvgIpc) is 2.96. The highest BCUT2D eigenvalue weighted by Gasteiger charge is 2.67. The number of hydrogen-bond acceptors (Lipinski definition) is 2. The Hall–Kier alpha value is -1.35. The van der Waals surface area contributed by atoms with E-state index in [2.05, 4.69) is 6.92 Å². The lowest BCUT2D eigenvalue weighted by molar-refractivity contribution is -0.120. The maximum absolute atomic E-state index is 12.9. The fourth-order valence-electron chi connectivity index (χ4n) is 5.11. The number of nitrogens with two attached hydrogens (primary N) is 1. The van der Waals surface area contributed by atoms with Crippen LogP contribution in [0.2, 0.25) is 0 Å². The van der Waals surface area contributed by atoms with E-state index in [4.69, 9.17) is 5.73 Å². The molecule has 2 N–H and O–H groups in total. The van der Waals surface area contributed by atoms with Crippen molar-refractivity contribution in [1.29, 1.82) is 0 Å². The van der Waals surface area contributed by atoms with Gasteiger partial charge in [-0.15, -0.1) is 0 Å². The molecule has 3 aliphatic rings. The van der Waals surface area contributed by atoms with E-state index in [-0.39, 0.29) is 0 Å². The molecular formula is C18H24N2O. The van der Waals surface area contributed by atoms with Crippen LogP contribution in [-0.2, 0) is 11.3 Å². The molecule has 3 fully saturated rings. The average molecular weight is 284 g/mol. The van der Waals surface area contributed by atoms with E-state index in [1.165, 1.54) is 19.3 Å². The van der Waals surface area contributed by atoms with E-state index in [0.717, 1.165) is 29.6 Å². The number of carbonyl (C=O) groups excluding carboxylic acids is 1. The molecule has 1 aromatic carbocycles. The Morgan fingerprint density at radius 3 is 2.33 bits per heavy atom. The van der Waals surface area contributed by atoms with Gasteiger partial charge in [-0.25, -0.2) is 0 Å². The molecule has 4 atom stereocenters. The van der Waals surface area contributed by atoms with Gasteiger partial charge < -0.3 is 10.6 Å². The van der Waals surface area contributed by atoms with E-state index in [9.17, 15) is 4.79 Å². The van der Waals surface area contributed by atoms with E-state index in [1.807, 2.05) is 29.2 Å². The summed E-state index contributed by atoms with van der Waals surface area (Å²) in [7, 11) is 0. The summed E-state index contributed by atoms with van der Waals surface area (Å²) < 4.78 is 0. The van der Waals surface area contributed by atoms with E-state index >= 15 is 0 Å². The molecule has 0 aromatic heterocycles. The third kappa shape index (κ3) is 1.94. The molecule has 21 heavy (non-hydrogen) atoms. The van der Waals surface area contributed by atoms with Crippen molar-refractivity contribution >= 4 is 11.6 Å². The first-order chi connectivity index (χ1) is 10.2. The number of anilines is 1. The van der Waals surface area contributed by atoms with Crippen LogP contribution in [0.25, 0.3) is 0 Å². The minimum Gasteiger partial charge on any atom is -0.326 e. The van der Waals surface area contributed by atoms with Crippen molar-refractivity contribution < 1.29 is 4.79 Å². The first kappa shape index (κ1) is 13.3. The van der Waals surface area contributed by atoms with Crippen LogP contribution in [-0.4, -0.2) is 12.5 Å². The van der Waals surface area contributed by atoms with E-state index < -0.39 is 0 Å². The number of carbonyl (C=O) groups is 1. The Bertz CT molecular complexity index is 537. The maximum Gasteiger partial charge on any atom is 0.230 e. The minimum atomic E-state index is 0.324. The van der Waals surface area contributed by atoms with Crippen LogP contribution >= 0.6 is 0 Å². The predicted molar refractivity (Wildman–Crippen MR) is 83.7 cm³/mol. The van der Waals surface area contributed by atoms with Crippen molar-refractivity contribution in [3.8, 4) is 0 Å². The highest BCUT2D eigenvalue weighted by Crippen LogP contribution is 2.69. The topological polar surface area (TPSA) is 46.3 Å². The van der Waals surface area contributed by atoms with Gasteiger partial charge in [0.2, 0.25) is 5.91 Å². The van der Waals surface area contributed by atoms with Crippen molar-refractivity contribution in [2.45, 2.75) is 32.7 Å². The van der Waals surface area contributed by atoms with Crippen LogP contribution in [0.4, 0.5) is 5.69 Å². The summed E-state index contributed by atoms with van der Waals surface area (Å²) in [4.78, 5) is 14.9. The summed E-state index contributed by atoms with van der Waals surface area (Å²) in [5.74, 6) is 3.83. The lowest BCUT2D eigenvalue weighted by Crippen LogP contribution is -2.33. The second-order valence-electron chi connectivity index (χ2n) is 6.97. The van der Waals surface area contributed by atoms with E-state index in [0.29, 0.717) is 30.2 Å². The standard InChI is InChI=1S/C18H24N2O/c1-2-20(14-7-3-11(10-19)4-8-14)18(21)17-15-12-5-6-13(9-12)16(15)17/h3-4,7-8,12-13,15-17H,2,5-6,9-10,19H2,1H3. The first-order valence-corrected chi connectivity index (χ1v) is 8.35. The zero-order chi connectivity index (χ0) is 14.6. The van der Waals surface area contributed by atoms with Gasteiger partial charge in [0.1, 0.15) is 0 Å². The van der Waals surface area contributed by atoms with Gasteiger partial charge in [-0.1, -0.05) is 12.1 Å². The largest absolute Gasteiger partial charge is 0.326 e. The number of fused-ring (bicyclic) bond motifs is 5. The quantitative estimate of drug-likeness (QED) is 0.924. The number of hydrogen-bond donors (Lipinski definition) is 1. The summed E-state index contributed by atoms with van der Waals surface area (Å²) in [6.07, 6.45) is 4.14. The molecule has 0 saturated heterocycles. The molecule has 1 amide bonds. The third-order valence-electron chi connectivity index (χ3n) is 6.09. The maximum atomic E-state index is 12.9. The van der Waals surface area contributed by atoms with Crippen LogP contribution in [0, 0.1) is 29.6 Å². The molecule has 0 aliphatic heterocycles. The zero-order valence-electron chi connectivity index (χ0n) is 12.7. The predicted octanol–water partition coefficient (Wildman–Crippen LogP) is 2.79. The molecule has 3 aliphatic carbocycles. The SMILES string of the molecule is CCN(C(=O)C1C2C3CCC(C3)C12)c1ccc(CN)cc1. The number of nitrogens with zero attached hydrogens (tertiary/aromatic N) is 1. The Morgan fingerprint density at radius 2 is 1.81 bits per heavy atom. The molecule has 3 nitrogen and oxygen atoms in total. The molecule has 4 unspecified atom stereocenters. The number of benzene rings is 1. The Labute approximate surface area is 126 Å². The third-order valence-corrected chi connectivity index (χ3v) is 6.09. The molecule has 0 radical (unpaired) electrons. The van der Waals surface area contributed by atoms with Gasteiger partial charge in [0, 0.05) is 24.7 Å². The lowest BCUT2D eigenvalue weighted by Gasteiger charge is -2.23. The summed E-state index contributed by atoms with van der Waals surface area (Å²) in [5, 5.41) is 0. The molecular weight excluding hydrogens is 260 g/mol. The molecule has 3 saturated carbocycles. The fraction of sp³-hybridized carbons (Fsp3) is 0.611. The molecule has 1 aromatic rings. The molecule has 112 valence electrons. The van der Waals surface area contributed by atoms with Crippen LogP contribution in [0.1, 0.15) is 31.7 Å². The zero-order valence-corrected chi connectivity index (χ0v) is 12.7. The van der Waals surface area contributed by atoms with Gasteiger partial charge in [0.15, 0.2) is 0 Å². The Morgan fingerprint density at radius 1 is 1.19 bits per heavy atom. The van der Waals surface area contributed by atoms with Crippen molar-refractivity contribution in [1.82, 2.24) is 0 Å². The highest BCUT2D eigenvalue weighted by molar-refractivity contribution is 5.97. The first-order valence-electron chi connectivity index (χ1n) is 8.35. The lowest BCUT2D eigenvalue weighted by atomic mass is 10.0.